The van der Waals surface area contributed by atoms with E-state index in [1.165, 1.54) is 0 Å². The number of piperidine rings is 2. The van der Waals surface area contributed by atoms with Gasteiger partial charge in [0.1, 0.15) is 12.2 Å². The van der Waals surface area contributed by atoms with E-state index in [-0.39, 0.29) is 34.4 Å². The molecule has 200 valence electrons. The molecule has 7 heteroatoms. The summed E-state index contributed by atoms with van der Waals surface area (Å²) in [5.41, 5.74) is -0.978. The van der Waals surface area contributed by atoms with Gasteiger partial charge in [-0.15, -0.1) is 0 Å². The van der Waals surface area contributed by atoms with Crippen LogP contribution in [-0.2, 0) is 19.1 Å². The zero-order valence-corrected chi connectivity index (χ0v) is 23.7. The molecule has 0 bridgehead atoms. The predicted octanol–water partition coefficient (Wildman–Crippen LogP) is 6.65. The molecular weight excluding hydrogens is 432 g/mol. The third-order valence-corrected chi connectivity index (χ3v) is 7.07. The Labute approximate surface area is 208 Å². The van der Waals surface area contributed by atoms with Crippen LogP contribution in [0.1, 0.15) is 121 Å². The van der Waals surface area contributed by atoms with E-state index in [2.05, 4.69) is 79.4 Å². The Morgan fingerprint density at radius 2 is 0.941 bits per heavy atom. The highest BCUT2D eigenvalue weighted by Gasteiger charge is 2.50. The molecule has 0 N–H and O–H groups in total. The van der Waals surface area contributed by atoms with Crippen LogP contribution in [0.4, 0.5) is 4.79 Å². The zero-order chi connectivity index (χ0) is 25.8. The second-order valence-electron chi connectivity index (χ2n) is 12.8. The predicted molar refractivity (Wildman–Crippen MR) is 135 cm³/mol. The minimum absolute atomic E-state index is 0.206. The van der Waals surface area contributed by atoms with Crippen LogP contribution in [0.25, 0.3) is 0 Å². The first-order valence-corrected chi connectivity index (χ1v) is 13.4. The maximum atomic E-state index is 12.9. The molecule has 2 heterocycles. The fourth-order valence-corrected chi connectivity index (χ4v) is 6.11. The molecule has 0 saturated carbocycles. The van der Waals surface area contributed by atoms with Gasteiger partial charge in [0.25, 0.3) is 0 Å². The molecule has 0 spiro atoms. The van der Waals surface area contributed by atoms with Gasteiger partial charge in [-0.3, -0.25) is 9.68 Å². The second kappa shape index (κ2) is 11.4. The van der Waals surface area contributed by atoms with Crippen molar-refractivity contribution < 1.29 is 23.9 Å². The largest absolute Gasteiger partial charge is 0.508 e. The number of unbranched alkanes of at least 4 members (excludes halogenated alkanes) is 2. The minimum atomic E-state index is -0.561. The third kappa shape index (κ3) is 7.55. The number of hydrogen-bond acceptors (Lipinski definition) is 7. The molecule has 2 aliphatic rings. The number of rotatable bonds is 10. The summed E-state index contributed by atoms with van der Waals surface area (Å²) in [6.45, 7) is 23.0. The van der Waals surface area contributed by atoms with E-state index in [9.17, 15) is 4.79 Å². The number of carbonyl (C=O) groups excluding carboxylic acids is 1. The highest BCUT2D eigenvalue weighted by molar-refractivity contribution is 5.60. The first kappa shape index (κ1) is 29.3. The molecule has 2 rings (SSSR count). The summed E-state index contributed by atoms with van der Waals surface area (Å²) >= 11 is 0. The van der Waals surface area contributed by atoms with E-state index in [1.54, 1.807) is 0 Å². The molecule has 0 aromatic carbocycles. The molecule has 2 aliphatic heterocycles. The molecule has 0 unspecified atom stereocenters. The van der Waals surface area contributed by atoms with Crippen LogP contribution in [0.2, 0.25) is 0 Å². The summed E-state index contributed by atoms with van der Waals surface area (Å²) in [7, 11) is 0. The van der Waals surface area contributed by atoms with Crippen molar-refractivity contribution in [1.29, 1.82) is 0 Å². The standard InChI is InChI=1S/C27H52N2O5/c1-11-13-15-31-28-24(3,4)17-21(18-25(28,5)6)33-23(30)34-22-19-26(7,8)29(27(9,10)20-22)32-16-14-12-2/h21-22H,11-20H2,1-10H3. The molecule has 0 atom stereocenters. The second-order valence-corrected chi connectivity index (χ2v) is 12.8. The fraction of sp³-hybridized carbons (Fsp3) is 0.963. The van der Waals surface area contributed by atoms with Crippen LogP contribution in [-0.4, -0.2) is 63.9 Å². The van der Waals surface area contributed by atoms with Gasteiger partial charge in [-0.1, -0.05) is 26.7 Å². The quantitative estimate of drug-likeness (QED) is 0.254. The van der Waals surface area contributed by atoms with Crippen molar-refractivity contribution in [3.63, 3.8) is 0 Å². The molecular formula is C27H52N2O5. The van der Waals surface area contributed by atoms with Crippen molar-refractivity contribution in [2.24, 2.45) is 0 Å². The molecule has 7 nitrogen and oxygen atoms in total. The van der Waals surface area contributed by atoms with Crippen LogP contribution in [0.3, 0.4) is 0 Å². The topological polar surface area (TPSA) is 60.5 Å². The summed E-state index contributed by atoms with van der Waals surface area (Å²) in [5, 5.41) is 4.22. The third-order valence-electron chi connectivity index (χ3n) is 7.07. The number of hydroxylamine groups is 4. The molecule has 0 amide bonds. The highest BCUT2D eigenvalue weighted by Crippen LogP contribution is 2.42. The SMILES string of the molecule is CCCCON1C(C)(C)CC(OC(=O)OC2CC(C)(C)N(OCCCC)C(C)(C)C2)CC1(C)C. The lowest BCUT2D eigenvalue weighted by atomic mass is 9.80. The monoisotopic (exact) mass is 484 g/mol. The number of hydrogen-bond donors (Lipinski definition) is 0. The van der Waals surface area contributed by atoms with E-state index in [0.29, 0.717) is 38.9 Å². The van der Waals surface area contributed by atoms with Crippen LogP contribution in [0.5, 0.6) is 0 Å². The van der Waals surface area contributed by atoms with E-state index in [1.807, 2.05) is 0 Å². The average molecular weight is 485 g/mol. The van der Waals surface area contributed by atoms with Crippen LogP contribution < -0.4 is 0 Å². The summed E-state index contributed by atoms with van der Waals surface area (Å²) in [5.74, 6) is 0. The van der Waals surface area contributed by atoms with Crippen molar-refractivity contribution in [3.05, 3.63) is 0 Å². The van der Waals surface area contributed by atoms with Gasteiger partial charge in [0.15, 0.2) is 0 Å². The summed E-state index contributed by atoms with van der Waals surface area (Å²) < 4.78 is 11.8. The van der Waals surface area contributed by atoms with Crippen molar-refractivity contribution >= 4 is 6.16 Å². The van der Waals surface area contributed by atoms with Gasteiger partial charge in [0, 0.05) is 47.8 Å². The van der Waals surface area contributed by atoms with E-state index in [4.69, 9.17) is 19.1 Å². The smallest absolute Gasteiger partial charge is 0.431 e. The minimum Gasteiger partial charge on any atom is -0.431 e. The molecule has 0 radical (unpaired) electrons. The first-order chi connectivity index (χ1) is 15.6. The van der Waals surface area contributed by atoms with Gasteiger partial charge >= 0.3 is 6.16 Å². The fourth-order valence-electron chi connectivity index (χ4n) is 6.11. The Morgan fingerprint density at radius 3 is 1.21 bits per heavy atom. The van der Waals surface area contributed by atoms with Crippen LogP contribution in [0.15, 0.2) is 0 Å². The van der Waals surface area contributed by atoms with Crippen LogP contribution >= 0.6 is 0 Å². The summed E-state index contributed by atoms with van der Waals surface area (Å²) in [4.78, 5) is 25.2. The van der Waals surface area contributed by atoms with Gasteiger partial charge < -0.3 is 9.47 Å². The molecule has 0 aromatic rings. The summed E-state index contributed by atoms with van der Waals surface area (Å²) in [6.07, 6.45) is 6.12. The molecule has 0 aromatic heterocycles. The maximum absolute atomic E-state index is 12.9. The van der Waals surface area contributed by atoms with Crippen molar-refractivity contribution in [1.82, 2.24) is 10.1 Å². The number of carbonyl (C=O) groups is 1. The average Bonchev–Trinajstić information content (AvgIpc) is 2.64. The number of nitrogens with zero attached hydrogens (tertiary/aromatic N) is 2. The highest BCUT2D eigenvalue weighted by atomic mass is 16.7. The Bertz CT molecular complexity index is 571. The Balaban J connectivity index is 1.97. The Hall–Kier alpha value is -0.890. The maximum Gasteiger partial charge on any atom is 0.508 e. The van der Waals surface area contributed by atoms with Crippen molar-refractivity contribution in [2.75, 3.05) is 13.2 Å². The van der Waals surface area contributed by atoms with Gasteiger partial charge in [-0.05, 0) is 68.2 Å². The molecule has 0 aliphatic carbocycles. The Morgan fingerprint density at radius 1 is 0.647 bits per heavy atom. The Kier molecular flexibility index (Phi) is 9.88. The first-order valence-electron chi connectivity index (χ1n) is 13.4. The van der Waals surface area contributed by atoms with E-state index >= 15 is 0 Å². The van der Waals surface area contributed by atoms with Crippen molar-refractivity contribution in [2.45, 2.75) is 155 Å². The normalized spacial score (nSPS) is 25.2. The van der Waals surface area contributed by atoms with E-state index < -0.39 is 6.16 Å². The molecule has 34 heavy (non-hydrogen) atoms. The zero-order valence-electron chi connectivity index (χ0n) is 23.7. The summed E-state index contributed by atoms with van der Waals surface area (Å²) in [6, 6.07) is 0. The lowest BCUT2D eigenvalue weighted by Crippen LogP contribution is -2.62. The van der Waals surface area contributed by atoms with Gasteiger partial charge in [0.05, 0.1) is 13.2 Å². The van der Waals surface area contributed by atoms with Gasteiger partial charge in [-0.2, -0.15) is 10.1 Å². The molecule has 2 fully saturated rings. The van der Waals surface area contributed by atoms with Gasteiger partial charge in [-0.25, -0.2) is 4.79 Å². The number of ether oxygens (including phenoxy) is 2. The lowest BCUT2D eigenvalue weighted by Gasteiger charge is -2.54. The molecule has 2 saturated heterocycles. The van der Waals surface area contributed by atoms with Gasteiger partial charge in [0.2, 0.25) is 0 Å². The van der Waals surface area contributed by atoms with Crippen LogP contribution in [0, 0.1) is 0 Å². The van der Waals surface area contributed by atoms with E-state index in [0.717, 1.165) is 25.7 Å². The van der Waals surface area contributed by atoms with Crippen molar-refractivity contribution in [3.8, 4) is 0 Å². The lowest BCUT2D eigenvalue weighted by molar-refractivity contribution is -0.296.